The molecule has 1 saturated heterocycles. The highest BCUT2D eigenvalue weighted by atomic mass is 32.2. The summed E-state index contributed by atoms with van der Waals surface area (Å²) < 4.78 is 11.9. The van der Waals surface area contributed by atoms with Crippen LogP contribution in [0.5, 0.6) is 11.5 Å². The summed E-state index contributed by atoms with van der Waals surface area (Å²) in [5.74, 6) is -0.267. The molecule has 0 unspecified atom stereocenters. The zero-order valence-corrected chi connectivity index (χ0v) is 19.2. The summed E-state index contributed by atoms with van der Waals surface area (Å²) in [6, 6.07) is 21.2. The molecule has 0 spiro atoms. The van der Waals surface area contributed by atoms with Gasteiger partial charge >= 0.3 is 5.97 Å². The third kappa shape index (κ3) is 4.92. The minimum atomic E-state index is -1.00. The molecule has 1 heterocycles. The lowest BCUT2D eigenvalue weighted by molar-refractivity contribution is -0.113. The number of benzene rings is 3. The lowest BCUT2D eigenvalue weighted by atomic mass is 10.1. The van der Waals surface area contributed by atoms with E-state index in [1.807, 2.05) is 36.4 Å². The van der Waals surface area contributed by atoms with Gasteiger partial charge < -0.3 is 14.6 Å². The van der Waals surface area contributed by atoms with Crippen LogP contribution in [-0.2, 0) is 11.4 Å². The number of anilines is 1. The molecule has 3 aromatic rings. The van der Waals surface area contributed by atoms with Gasteiger partial charge in [-0.3, -0.25) is 9.69 Å². The van der Waals surface area contributed by atoms with Crippen molar-refractivity contribution < 1.29 is 24.2 Å². The first-order chi connectivity index (χ1) is 16.0. The van der Waals surface area contributed by atoms with Gasteiger partial charge in [0.2, 0.25) is 0 Å². The van der Waals surface area contributed by atoms with Crippen LogP contribution in [0.15, 0.2) is 77.7 Å². The number of carbonyl (C=O) groups is 2. The highest BCUT2D eigenvalue weighted by Crippen LogP contribution is 2.39. The van der Waals surface area contributed by atoms with Crippen LogP contribution in [0.4, 0.5) is 5.69 Å². The molecule has 1 aliphatic heterocycles. The van der Waals surface area contributed by atoms with Gasteiger partial charge in [0, 0.05) is 5.56 Å². The van der Waals surface area contributed by atoms with Gasteiger partial charge in [0.1, 0.15) is 6.61 Å². The number of aromatic carboxylic acids is 1. The van der Waals surface area contributed by atoms with Crippen LogP contribution in [-0.4, -0.2) is 28.4 Å². The average molecular weight is 478 g/mol. The second kappa shape index (κ2) is 9.89. The normalized spacial score (nSPS) is 14.6. The van der Waals surface area contributed by atoms with Gasteiger partial charge in [-0.25, -0.2) is 4.79 Å². The minimum absolute atomic E-state index is 0.132. The van der Waals surface area contributed by atoms with Crippen LogP contribution in [0.1, 0.15) is 21.5 Å². The lowest BCUT2D eigenvalue weighted by Gasteiger charge is -2.15. The predicted octanol–water partition coefficient (Wildman–Crippen LogP) is 5.38. The van der Waals surface area contributed by atoms with E-state index in [1.54, 1.807) is 36.4 Å². The Bertz CT molecular complexity index is 1260. The molecule has 0 aromatic heterocycles. The van der Waals surface area contributed by atoms with E-state index in [-0.39, 0.29) is 18.1 Å². The van der Waals surface area contributed by atoms with Crippen LogP contribution in [0.3, 0.4) is 0 Å². The number of methoxy groups -OCH3 is 1. The Morgan fingerprint density at radius 1 is 1.09 bits per heavy atom. The Balaban J connectivity index is 1.63. The number of ether oxygens (including phenoxy) is 2. The first-order valence-electron chi connectivity index (χ1n) is 9.93. The van der Waals surface area contributed by atoms with Crippen LogP contribution in [0.25, 0.3) is 6.08 Å². The van der Waals surface area contributed by atoms with E-state index in [0.717, 1.165) is 0 Å². The Kier molecular flexibility index (Phi) is 6.76. The number of thioether (sulfide) groups is 1. The van der Waals surface area contributed by atoms with E-state index < -0.39 is 5.97 Å². The molecule has 1 fully saturated rings. The molecule has 0 radical (unpaired) electrons. The van der Waals surface area contributed by atoms with E-state index in [0.29, 0.717) is 37.5 Å². The average Bonchev–Trinajstić information content (AvgIpc) is 3.11. The number of rotatable bonds is 7. The number of para-hydroxylation sites is 2. The summed E-state index contributed by atoms with van der Waals surface area (Å²) in [6.07, 6.45) is 1.73. The van der Waals surface area contributed by atoms with E-state index in [9.17, 15) is 14.7 Å². The molecule has 1 aliphatic rings. The molecule has 0 bridgehead atoms. The van der Waals surface area contributed by atoms with Gasteiger partial charge in [-0.15, -0.1) is 0 Å². The predicted molar refractivity (Wildman–Crippen MR) is 133 cm³/mol. The first kappa shape index (κ1) is 22.6. The van der Waals surface area contributed by atoms with Crippen LogP contribution in [0.2, 0.25) is 0 Å². The highest BCUT2D eigenvalue weighted by Gasteiger charge is 2.33. The van der Waals surface area contributed by atoms with Crippen LogP contribution >= 0.6 is 24.0 Å². The molecule has 6 nitrogen and oxygen atoms in total. The smallest absolute Gasteiger partial charge is 0.335 e. The van der Waals surface area contributed by atoms with E-state index in [1.165, 1.54) is 29.8 Å². The summed E-state index contributed by atoms with van der Waals surface area (Å²) in [5, 5.41) is 9.21. The van der Waals surface area contributed by atoms with Crippen molar-refractivity contribution in [3.05, 3.63) is 94.4 Å². The van der Waals surface area contributed by atoms with Gasteiger partial charge in [0.25, 0.3) is 5.91 Å². The molecule has 3 aromatic carbocycles. The van der Waals surface area contributed by atoms with Crippen molar-refractivity contribution in [3.8, 4) is 11.5 Å². The molecule has 1 amide bonds. The van der Waals surface area contributed by atoms with Crippen molar-refractivity contribution in [1.29, 1.82) is 0 Å². The van der Waals surface area contributed by atoms with Crippen molar-refractivity contribution in [2.45, 2.75) is 6.61 Å². The third-order valence-electron chi connectivity index (χ3n) is 4.88. The molecule has 4 rings (SSSR count). The number of carboxylic acid groups (broad SMARTS) is 1. The molecular weight excluding hydrogens is 458 g/mol. The van der Waals surface area contributed by atoms with E-state index in [4.69, 9.17) is 21.7 Å². The molecule has 0 aliphatic carbocycles. The van der Waals surface area contributed by atoms with Crippen LogP contribution < -0.4 is 14.4 Å². The standard InChI is InChI=1S/C25H19NO5S2/c1-30-20-12-6-8-17(22(20)31-15-16-7-5-9-18(13-16)24(28)29)14-21-23(27)26(25(32)33-21)19-10-3-2-4-11-19/h2-14H,15H2,1H3,(H,28,29)/b21-14+. The van der Waals surface area contributed by atoms with E-state index in [2.05, 4.69) is 0 Å². The number of thiocarbonyl (C=S) groups is 1. The number of nitrogens with zero attached hydrogens (tertiary/aromatic N) is 1. The van der Waals surface area contributed by atoms with Gasteiger partial charge in [-0.05, 0) is 42.0 Å². The molecular formula is C25H19NO5S2. The van der Waals surface area contributed by atoms with Crippen molar-refractivity contribution in [3.63, 3.8) is 0 Å². The summed E-state index contributed by atoms with van der Waals surface area (Å²) in [7, 11) is 1.53. The van der Waals surface area contributed by atoms with Gasteiger partial charge in [-0.2, -0.15) is 0 Å². The molecule has 33 heavy (non-hydrogen) atoms. The van der Waals surface area contributed by atoms with Crippen molar-refractivity contribution in [1.82, 2.24) is 0 Å². The van der Waals surface area contributed by atoms with Crippen LogP contribution in [0, 0.1) is 0 Å². The summed E-state index contributed by atoms with van der Waals surface area (Å²) in [6.45, 7) is 0.132. The molecule has 8 heteroatoms. The molecule has 166 valence electrons. The Labute approximate surface area is 200 Å². The quantitative estimate of drug-likeness (QED) is 0.362. The van der Waals surface area contributed by atoms with Crippen molar-refractivity contribution in [2.75, 3.05) is 12.0 Å². The van der Waals surface area contributed by atoms with Crippen molar-refractivity contribution >= 4 is 51.9 Å². The zero-order valence-electron chi connectivity index (χ0n) is 17.6. The monoisotopic (exact) mass is 477 g/mol. The van der Waals surface area contributed by atoms with Gasteiger partial charge in [-0.1, -0.05) is 66.4 Å². The highest BCUT2D eigenvalue weighted by molar-refractivity contribution is 8.27. The second-order valence-corrected chi connectivity index (χ2v) is 8.70. The fourth-order valence-corrected chi connectivity index (χ4v) is 4.61. The topological polar surface area (TPSA) is 76.1 Å². The maximum atomic E-state index is 13.1. The summed E-state index contributed by atoms with van der Waals surface area (Å²) >= 11 is 6.67. The maximum absolute atomic E-state index is 13.1. The fraction of sp³-hybridized carbons (Fsp3) is 0.0800. The fourth-order valence-electron chi connectivity index (χ4n) is 3.32. The first-order valence-corrected chi connectivity index (χ1v) is 11.2. The Morgan fingerprint density at radius 3 is 2.58 bits per heavy atom. The Morgan fingerprint density at radius 2 is 1.85 bits per heavy atom. The summed E-state index contributed by atoms with van der Waals surface area (Å²) in [5.41, 5.74) is 2.24. The third-order valence-corrected chi connectivity index (χ3v) is 6.18. The largest absolute Gasteiger partial charge is 0.493 e. The van der Waals surface area contributed by atoms with Gasteiger partial charge in [0.15, 0.2) is 15.8 Å². The Hall–Kier alpha value is -3.62. The SMILES string of the molecule is COc1cccc(/C=C2/SC(=S)N(c3ccccc3)C2=O)c1OCc1cccc(C(=O)O)c1. The number of amides is 1. The maximum Gasteiger partial charge on any atom is 0.335 e. The van der Waals surface area contributed by atoms with E-state index >= 15 is 0 Å². The number of hydrogen-bond donors (Lipinski definition) is 1. The zero-order chi connectivity index (χ0) is 23.4. The molecule has 0 saturated carbocycles. The van der Waals surface area contributed by atoms with Crippen molar-refractivity contribution in [2.24, 2.45) is 0 Å². The lowest BCUT2D eigenvalue weighted by Crippen LogP contribution is -2.27. The minimum Gasteiger partial charge on any atom is -0.493 e. The number of carboxylic acids is 1. The number of carbonyl (C=O) groups excluding carboxylic acids is 1. The number of hydrogen-bond acceptors (Lipinski definition) is 6. The second-order valence-electron chi connectivity index (χ2n) is 7.03. The summed E-state index contributed by atoms with van der Waals surface area (Å²) in [4.78, 5) is 26.3. The van der Waals surface area contributed by atoms with Gasteiger partial charge in [0.05, 0.1) is 23.3 Å². The molecule has 0 atom stereocenters. The molecule has 1 N–H and O–H groups in total.